The summed E-state index contributed by atoms with van der Waals surface area (Å²) in [4.78, 5) is 3.11. The first-order chi connectivity index (χ1) is 6.22. The summed E-state index contributed by atoms with van der Waals surface area (Å²) in [5, 5.41) is 0.705. The second-order valence-corrected chi connectivity index (χ2v) is 3.31. The molecular weight excluding hydrogens is 165 g/mol. The molecule has 0 saturated carbocycles. The number of rotatable bonds is 1. The zero-order valence-corrected chi connectivity index (χ0v) is 7.82. The number of aryl methyl sites for hydroxylation is 2. The van der Waals surface area contributed by atoms with Gasteiger partial charge in [0.25, 0.3) is 0 Å². The van der Waals surface area contributed by atoms with E-state index in [9.17, 15) is 4.39 Å². The fourth-order valence-electron chi connectivity index (χ4n) is 1.63. The molecule has 2 rings (SSSR count). The molecule has 0 aliphatic carbocycles. The molecule has 0 saturated heterocycles. The highest BCUT2D eigenvalue weighted by molar-refractivity contribution is 5.81. The monoisotopic (exact) mass is 177 g/mol. The SMILES string of the molecule is CCc1ccc2[nH]c(C)cc2c1F. The Morgan fingerprint density at radius 3 is 2.85 bits per heavy atom. The summed E-state index contributed by atoms with van der Waals surface area (Å²) in [6, 6.07) is 5.63. The standard InChI is InChI=1S/C11H12FN/c1-3-8-4-5-10-9(11(8)12)6-7(2)13-10/h4-6,13H,3H2,1-2H3. The Labute approximate surface area is 76.6 Å². The van der Waals surface area contributed by atoms with Crippen molar-refractivity contribution in [2.24, 2.45) is 0 Å². The van der Waals surface area contributed by atoms with Crippen LogP contribution in [0.2, 0.25) is 0 Å². The van der Waals surface area contributed by atoms with Crippen LogP contribution in [-0.2, 0) is 6.42 Å². The number of hydrogen-bond acceptors (Lipinski definition) is 0. The van der Waals surface area contributed by atoms with Gasteiger partial charge in [-0.25, -0.2) is 4.39 Å². The van der Waals surface area contributed by atoms with E-state index in [4.69, 9.17) is 0 Å². The smallest absolute Gasteiger partial charge is 0.135 e. The largest absolute Gasteiger partial charge is 0.359 e. The normalized spacial score (nSPS) is 11.0. The van der Waals surface area contributed by atoms with E-state index in [0.717, 1.165) is 23.2 Å². The molecule has 0 fully saturated rings. The van der Waals surface area contributed by atoms with E-state index in [1.807, 2.05) is 32.0 Å². The van der Waals surface area contributed by atoms with Crippen molar-refractivity contribution in [2.45, 2.75) is 20.3 Å². The van der Waals surface area contributed by atoms with Crippen molar-refractivity contribution >= 4 is 10.9 Å². The van der Waals surface area contributed by atoms with Crippen LogP contribution in [-0.4, -0.2) is 4.98 Å². The Hall–Kier alpha value is -1.31. The summed E-state index contributed by atoms with van der Waals surface area (Å²) >= 11 is 0. The minimum Gasteiger partial charge on any atom is -0.359 e. The third kappa shape index (κ3) is 1.22. The van der Waals surface area contributed by atoms with Crippen molar-refractivity contribution in [1.29, 1.82) is 0 Å². The summed E-state index contributed by atoms with van der Waals surface area (Å²) in [5.74, 6) is -0.0793. The van der Waals surface area contributed by atoms with E-state index in [0.29, 0.717) is 5.39 Å². The van der Waals surface area contributed by atoms with Crippen LogP contribution in [0.15, 0.2) is 18.2 Å². The predicted octanol–water partition coefficient (Wildman–Crippen LogP) is 3.18. The highest BCUT2D eigenvalue weighted by atomic mass is 19.1. The maximum absolute atomic E-state index is 13.7. The quantitative estimate of drug-likeness (QED) is 0.688. The van der Waals surface area contributed by atoms with Gasteiger partial charge in [-0.1, -0.05) is 13.0 Å². The van der Waals surface area contributed by atoms with Crippen molar-refractivity contribution in [2.75, 3.05) is 0 Å². The van der Waals surface area contributed by atoms with Gasteiger partial charge in [-0.05, 0) is 31.0 Å². The summed E-state index contributed by atoms with van der Waals surface area (Å²) in [6.45, 7) is 3.90. The number of H-pyrrole nitrogens is 1. The van der Waals surface area contributed by atoms with Crippen LogP contribution >= 0.6 is 0 Å². The molecule has 0 amide bonds. The highest BCUT2D eigenvalue weighted by Crippen LogP contribution is 2.21. The van der Waals surface area contributed by atoms with Gasteiger partial charge in [0.05, 0.1) is 0 Å². The van der Waals surface area contributed by atoms with Crippen molar-refractivity contribution in [3.05, 3.63) is 35.3 Å². The van der Waals surface area contributed by atoms with E-state index in [2.05, 4.69) is 4.98 Å². The Bertz CT molecular complexity index is 443. The maximum Gasteiger partial charge on any atom is 0.135 e. The van der Waals surface area contributed by atoms with E-state index < -0.39 is 0 Å². The van der Waals surface area contributed by atoms with Crippen LogP contribution in [0.1, 0.15) is 18.2 Å². The molecule has 1 nitrogen and oxygen atoms in total. The van der Waals surface area contributed by atoms with Gasteiger partial charge in [0.1, 0.15) is 5.82 Å². The molecule has 13 heavy (non-hydrogen) atoms. The molecule has 0 radical (unpaired) electrons. The lowest BCUT2D eigenvalue weighted by Gasteiger charge is -1.99. The number of nitrogens with one attached hydrogen (secondary N) is 1. The van der Waals surface area contributed by atoms with Gasteiger partial charge >= 0.3 is 0 Å². The minimum absolute atomic E-state index is 0.0793. The lowest BCUT2D eigenvalue weighted by Crippen LogP contribution is -1.87. The van der Waals surface area contributed by atoms with Gasteiger partial charge in [0, 0.05) is 16.6 Å². The minimum atomic E-state index is -0.0793. The molecule has 0 aliphatic rings. The number of aromatic nitrogens is 1. The number of benzene rings is 1. The third-order valence-corrected chi connectivity index (χ3v) is 2.33. The Kier molecular flexibility index (Phi) is 1.83. The van der Waals surface area contributed by atoms with E-state index in [1.165, 1.54) is 0 Å². The van der Waals surface area contributed by atoms with Crippen LogP contribution < -0.4 is 0 Å². The average Bonchev–Trinajstić information content (AvgIpc) is 2.47. The predicted molar refractivity (Wildman–Crippen MR) is 52.4 cm³/mol. The molecule has 0 unspecified atom stereocenters. The van der Waals surface area contributed by atoms with Crippen molar-refractivity contribution in [3.63, 3.8) is 0 Å². The summed E-state index contributed by atoms with van der Waals surface area (Å²) in [6.07, 6.45) is 0.742. The molecule has 2 aromatic rings. The average molecular weight is 177 g/mol. The number of fused-ring (bicyclic) bond motifs is 1. The van der Waals surface area contributed by atoms with E-state index in [-0.39, 0.29) is 5.82 Å². The molecule has 1 aromatic heterocycles. The third-order valence-electron chi connectivity index (χ3n) is 2.33. The molecule has 1 heterocycles. The molecule has 0 atom stereocenters. The Morgan fingerprint density at radius 1 is 1.38 bits per heavy atom. The fraction of sp³-hybridized carbons (Fsp3) is 0.273. The molecule has 1 N–H and O–H groups in total. The van der Waals surface area contributed by atoms with Gasteiger partial charge < -0.3 is 4.98 Å². The van der Waals surface area contributed by atoms with Crippen LogP contribution in [0.5, 0.6) is 0 Å². The molecule has 0 spiro atoms. The zero-order valence-electron chi connectivity index (χ0n) is 7.82. The summed E-state index contributed by atoms with van der Waals surface area (Å²) in [7, 11) is 0. The topological polar surface area (TPSA) is 15.8 Å². The number of aromatic amines is 1. The lowest BCUT2D eigenvalue weighted by atomic mass is 10.1. The molecule has 2 heteroatoms. The molecule has 68 valence electrons. The first kappa shape index (κ1) is 8.30. The Morgan fingerprint density at radius 2 is 2.15 bits per heavy atom. The zero-order chi connectivity index (χ0) is 9.42. The van der Waals surface area contributed by atoms with Crippen molar-refractivity contribution < 1.29 is 4.39 Å². The molecule has 1 aromatic carbocycles. The lowest BCUT2D eigenvalue weighted by molar-refractivity contribution is 0.624. The van der Waals surface area contributed by atoms with Crippen molar-refractivity contribution in [3.8, 4) is 0 Å². The summed E-state index contributed by atoms with van der Waals surface area (Å²) < 4.78 is 13.7. The fourth-order valence-corrected chi connectivity index (χ4v) is 1.63. The Balaban J connectivity index is 2.78. The van der Waals surface area contributed by atoms with Gasteiger partial charge in [0.15, 0.2) is 0 Å². The number of hydrogen-bond donors (Lipinski definition) is 1. The van der Waals surface area contributed by atoms with Crippen LogP contribution in [0.25, 0.3) is 10.9 Å². The molecular formula is C11H12FN. The molecule has 0 aliphatic heterocycles. The van der Waals surface area contributed by atoms with Gasteiger partial charge in [0.2, 0.25) is 0 Å². The number of halogens is 1. The molecule has 0 bridgehead atoms. The van der Waals surface area contributed by atoms with Crippen molar-refractivity contribution in [1.82, 2.24) is 4.98 Å². The second-order valence-electron chi connectivity index (χ2n) is 3.31. The van der Waals surface area contributed by atoms with Gasteiger partial charge in [-0.3, -0.25) is 0 Å². The van der Waals surface area contributed by atoms with E-state index >= 15 is 0 Å². The highest BCUT2D eigenvalue weighted by Gasteiger charge is 2.06. The first-order valence-electron chi connectivity index (χ1n) is 4.49. The van der Waals surface area contributed by atoms with E-state index in [1.54, 1.807) is 0 Å². The first-order valence-corrected chi connectivity index (χ1v) is 4.49. The van der Waals surface area contributed by atoms with Crippen LogP contribution in [0.3, 0.4) is 0 Å². The maximum atomic E-state index is 13.7. The van der Waals surface area contributed by atoms with Crippen LogP contribution in [0, 0.1) is 12.7 Å². The van der Waals surface area contributed by atoms with Crippen LogP contribution in [0.4, 0.5) is 4.39 Å². The second kappa shape index (κ2) is 2.87. The summed E-state index contributed by atoms with van der Waals surface area (Å²) in [5.41, 5.74) is 2.67. The van der Waals surface area contributed by atoms with Gasteiger partial charge in [-0.15, -0.1) is 0 Å². The van der Waals surface area contributed by atoms with Gasteiger partial charge in [-0.2, -0.15) is 0 Å².